The zero-order valence-corrected chi connectivity index (χ0v) is 21.3. The number of hydrogen-bond donors (Lipinski definition) is 1. The van der Waals surface area contributed by atoms with Crippen LogP contribution in [0.25, 0.3) is 5.57 Å². The van der Waals surface area contributed by atoms with E-state index >= 15 is 0 Å². The second-order valence-electron chi connectivity index (χ2n) is 8.26. The summed E-state index contributed by atoms with van der Waals surface area (Å²) < 4.78 is 5.42. The van der Waals surface area contributed by atoms with Crippen LogP contribution in [0, 0.1) is 6.92 Å². The van der Waals surface area contributed by atoms with Crippen molar-refractivity contribution in [3.05, 3.63) is 38.4 Å². The predicted molar refractivity (Wildman–Crippen MR) is 133 cm³/mol. The van der Waals surface area contributed by atoms with Crippen molar-refractivity contribution >= 4 is 50.6 Å². The summed E-state index contributed by atoms with van der Waals surface area (Å²) in [7, 11) is 0. The van der Waals surface area contributed by atoms with E-state index in [0.29, 0.717) is 19.6 Å². The first-order valence-corrected chi connectivity index (χ1v) is 13.8. The average molecular weight is 514 g/mol. The Hall–Kier alpha value is -0.600. The highest BCUT2D eigenvalue weighted by Crippen LogP contribution is 2.43. The van der Waals surface area contributed by atoms with Crippen molar-refractivity contribution in [2.75, 3.05) is 37.3 Å². The zero-order valence-electron chi connectivity index (χ0n) is 18.0. The number of ether oxygens (including phenoxy) is 1. The fourth-order valence-electron chi connectivity index (χ4n) is 4.08. The van der Waals surface area contributed by atoms with Crippen LogP contribution in [-0.2, 0) is 9.53 Å². The molecular formula is C23H33BrN2O2S2. The Bertz CT molecular complexity index is 805. The Morgan fingerprint density at radius 3 is 2.93 bits per heavy atom. The number of nitrogens with two attached hydrogens (primary N) is 1. The lowest BCUT2D eigenvalue weighted by Gasteiger charge is -2.38. The van der Waals surface area contributed by atoms with Crippen LogP contribution >= 0.6 is 39.0 Å². The molecule has 0 unspecified atom stereocenters. The summed E-state index contributed by atoms with van der Waals surface area (Å²) >= 11 is 7.18. The Balaban J connectivity index is 1.64. The fourth-order valence-corrected chi connectivity index (χ4v) is 6.64. The number of allylic oxidation sites excluding steroid dienone is 2. The van der Waals surface area contributed by atoms with Crippen LogP contribution in [-0.4, -0.2) is 53.7 Å². The van der Waals surface area contributed by atoms with Gasteiger partial charge in [0.1, 0.15) is 5.54 Å². The third kappa shape index (κ3) is 6.00. The van der Waals surface area contributed by atoms with E-state index < -0.39 is 5.54 Å². The van der Waals surface area contributed by atoms with Crippen molar-refractivity contribution in [3.63, 3.8) is 0 Å². The molecule has 1 aromatic rings. The number of carbonyl (C=O) groups is 1. The monoisotopic (exact) mass is 512 g/mol. The highest BCUT2D eigenvalue weighted by atomic mass is 79.9. The second-order valence-corrected chi connectivity index (χ2v) is 11.1. The third-order valence-electron chi connectivity index (χ3n) is 5.78. The number of nitrogens with zero attached hydrogens (tertiary/aromatic N) is 1. The lowest BCUT2D eigenvalue weighted by atomic mass is 9.90. The van der Waals surface area contributed by atoms with Crippen molar-refractivity contribution in [3.8, 4) is 0 Å². The molecule has 0 bridgehead atoms. The van der Waals surface area contributed by atoms with Gasteiger partial charge in [0.25, 0.3) is 0 Å². The molecule has 2 aliphatic heterocycles. The van der Waals surface area contributed by atoms with Gasteiger partial charge < -0.3 is 15.4 Å². The lowest BCUT2D eigenvalue weighted by Crippen LogP contribution is -2.60. The first-order valence-electron chi connectivity index (χ1n) is 10.8. The number of alkyl halides is 1. The van der Waals surface area contributed by atoms with Crippen molar-refractivity contribution < 1.29 is 9.53 Å². The summed E-state index contributed by atoms with van der Waals surface area (Å²) in [6.45, 7) is 7.38. The molecule has 3 heterocycles. The minimum atomic E-state index is -0.873. The van der Waals surface area contributed by atoms with Crippen LogP contribution in [0.2, 0.25) is 0 Å². The molecule has 0 aromatic carbocycles. The van der Waals surface area contributed by atoms with Gasteiger partial charge in [-0.3, -0.25) is 4.79 Å². The zero-order chi connectivity index (χ0) is 21.6. The van der Waals surface area contributed by atoms with Crippen molar-refractivity contribution in [1.82, 2.24) is 4.90 Å². The Kier molecular flexibility index (Phi) is 9.07. The molecule has 2 aliphatic rings. The van der Waals surface area contributed by atoms with E-state index in [1.807, 2.05) is 23.1 Å². The number of halogens is 1. The summed E-state index contributed by atoms with van der Waals surface area (Å²) in [5, 5.41) is 3.01. The number of carbonyl (C=O) groups excluding carboxylic acids is 1. The number of likely N-dealkylation sites (tertiary alicyclic amines) is 1. The minimum absolute atomic E-state index is 0.248. The summed E-state index contributed by atoms with van der Waals surface area (Å²) in [6, 6.07) is 2.21. The topological polar surface area (TPSA) is 55.6 Å². The smallest absolute Gasteiger partial charge is 0.327 e. The SMILES string of the molecule is CC1=C(/C(=C\CCN2CCC[C@@](N)(C(=O)OCCCBr)C2)c2sccc2C)SCC1. The number of thiophene rings is 1. The standard InChI is InChI=1S/C23H33BrN2O2S2/c1-17-7-14-29-20(17)19(21-18(2)8-15-30-21)6-3-11-26-12-4-9-23(25,16-26)22(27)28-13-5-10-24/h6-7,14H,3-5,8-13,15-16,25H2,1-2H3/b19-6-/t23-/m0/s1. The van der Waals surface area contributed by atoms with Gasteiger partial charge >= 0.3 is 5.97 Å². The molecule has 2 N–H and O–H groups in total. The van der Waals surface area contributed by atoms with Crippen LogP contribution < -0.4 is 5.73 Å². The molecular weight excluding hydrogens is 480 g/mol. The van der Waals surface area contributed by atoms with E-state index in [1.165, 1.54) is 38.7 Å². The molecule has 166 valence electrons. The maximum absolute atomic E-state index is 12.5. The molecule has 1 atom stereocenters. The maximum atomic E-state index is 12.5. The summed E-state index contributed by atoms with van der Waals surface area (Å²) in [6.07, 6.45) is 6.99. The number of rotatable bonds is 9. The van der Waals surface area contributed by atoms with Gasteiger partial charge in [-0.25, -0.2) is 0 Å². The van der Waals surface area contributed by atoms with Gasteiger partial charge in [-0.2, -0.15) is 0 Å². The predicted octanol–water partition coefficient (Wildman–Crippen LogP) is 5.36. The number of piperidine rings is 1. The number of hydrogen-bond acceptors (Lipinski definition) is 6. The van der Waals surface area contributed by atoms with Gasteiger partial charge in [-0.05, 0) is 69.5 Å². The van der Waals surface area contributed by atoms with Gasteiger partial charge in [0, 0.05) is 39.5 Å². The quantitative estimate of drug-likeness (QED) is 0.274. The Labute approximate surface area is 197 Å². The largest absolute Gasteiger partial charge is 0.464 e. The molecule has 0 radical (unpaired) electrons. The van der Waals surface area contributed by atoms with Crippen LogP contribution in [0.3, 0.4) is 0 Å². The highest BCUT2D eigenvalue weighted by molar-refractivity contribution is 9.09. The molecule has 0 amide bonds. The molecule has 0 aliphatic carbocycles. The van der Waals surface area contributed by atoms with Gasteiger partial charge in [-0.1, -0.05) is 27.6 Å². The van der Waals surface area contributed by atoms with Crippen molar-refractivity contribution in [1.29, 1.82) is 0 Å². The third-order valence-corrected chi connectivity index (χ3v) is 8.65. The molecule has 1 fully saturated rings. The van der Waals surface area contributed by atoms with Crippen molar-refractivity contribution in [2.45, 2.75) is 51.5 Å². The van der Waals surface area contributed by atoms with Crippen LogP contribution in [0.4, 0.5) is 0 Å². The maximum Gasteiger partial charge on any atom is 0.327 e. The van der Waals surface area contributed by atoms with Gasteiger partial charge in [0.2, 0.25) is 0 Å². The molecule has 7 heteroatoms. The van der Waals surface area contributed by atoms with Crippen LogP contribution in [0.15, 0.2) is 28.0 Å². The summed E-state index contributed by atoms with van der Waals surface area (Å²) in [5.74, 6) is 0.934. The van der Waals surface area contributed by atoms with E-state index in [0.717, 1.165) is 37.7 Å². The molecule has 1 aromatic heterocycles. The van der Waals surface area contributed by atoms with E-state index in [9.17, 15) is 4.79 Å². The Morgan fingerprint density at radius 1 is 1.43 bits per heavy atom. The summed E-state index contributed by atoms with van der Waals surface area (Å²) in [4.78, 5) is 17.7. The Morgan fingerprint density at radius 2 is 2.27 bits per heavy atom. The van der Waals surface area contributed by atoms with E-state index in [1.54, 1.807) is 0 Å². The lowest BCUT2D eigenvalue weighted by molar-refractivity contribution is -0.152. The first kappa shape index (κ1) is 24.1. The molecule has 1 saturated heterocycles. The fraction of sp³-hybridized carbons (Fsp3) is 0.609. The van der Waals surface area contributed by atoms with Gasteiger partial charge in [0.05, 0.1) is 6.61 Å². The molecule has 0 saturated carbocycles. The van der Waals surface area contributed by atoms with Crippen molar-refractivity contribution in [2.24, 2.45) is 5.73 Å². The summed E-state index contributed by atoms with van der Waals surface area (Å²) in [5.41, 5.74) is 9.85. The van der Waals surface area contributed by atoms with E-state index in [2.05, 4.69) is 52.2 Å². The van der Waals surface area contributed by atoms with E-state index in [-0.39, 0.29) is 5.97 Å². The van der Waals surface area contributed by atoms with Gasteiger partial charge in [-0.15, -0.1) is 23.1 Å². The number of thioether (sulfide) groups is 1. The van der Waals surface area contributed by atoms with E-state index in [4.69, 9.17) is 10.5 Å². The normalized spacial score (nSPS) is 23.3. The van der Waals surface area contributed by atoms with Crippen LogP contribution in [0.1, 0.15) is 49.5 Å². The molecule has 0 spiro atoms. The van der Waals surface area contributed by atoms with Gasteiger partial charge in [0.15, 0.2) is 0 Å². The molecule has 4 nitrogen and oxygen atoms in total. The first-order chi connectivity index (χ1) is 14.4. The molecule has 30 heavy (non-hydrogen) atoms. The molecule has 3 rings (SSSR count). The van der Waals surface area contributed by atoms with Crippen LogP contribution in [0.5, 0.6) is 0 Å². The number of aryl methyl sites for hydroxylation is 1. The number of esters is 1. The average Bonchev–Trinajstić information content (AvgIpc) is 3.34. The highest BCUT2D eigenvalue weighted by Gasteiger charge is 2.39. The minimum Gasteiger partial charge on any atom is -0.464 e. The second kappa shape index (κ2) is 11.3.